The first-order valence-electron chi connectivity index (χ1n) is 9.22. The van der Waals surface area contributed by atoms with E-state index in [4.69, 9.17) is 0 Å². The van der Waals surface area contributed by atoms with Crippen LogP contribution in [0.15, 0.2) is 15.9 Å². The summed E-state index contributed by atoms with van der Waals surface area (Å²) in [6.45, 7) is 2.28. The van der Waals surface area contributed by atoms with Crippen LogP contribution in [0.3, 0.4) is 0 Å². The van der Waals surface area contributed by atoms with Crippen molar-refractivity contribution in [2.45, 2.75) is 70.9 Å². The Hall–Kier alpha value is -1.89. The third-order valence-electron chi connectivity index (χ3n) is 4.70. The van der Waals surface area contributed by atoms with E-state index in [1.165, 1.54) is 15.6 Å². The predicted octanol–water partition coefficient (Wildman–Crippen LogP) is 1.94. The van der Waals surface area contributed by atoms with Gasteiger partial charge in [-0.1, -0.05) is 38.5 Å². The van der Waals surface area contributed by atoms with E-state index in [1.807, 2.05) is 6.92 Å². The monoisotopic (exact) mass is 350 g/mol. The Morgan fingerprint density at radius 2 is 1.64 bits per heavy atom. The van der Waals surface area contributed by atoms with E-state index in [-0.39, 0.29) is 17.4 Å². The van der Waals surface area contributed by atoms with Crippen molar-refractivity contribution < 1.29 is 5.11 Å². The molecule has 0 bridgehead atoms. The van der Waals surface area contributed by atoms with Gasteiger partial charge < -0.3 is 9.67 Å². The summed E-state index contributed by atoms with van der Waals surface area (Å²) in [6.07, 6.45) is 9.76. The molecule has 0 aromatic carbocycles. The molecule has 0 saturated heterocycles. The van der Waals surface area contributed by atoms with E-state index < -0.39 is 0 Å². The molecule has 25 heavy (non-hydrogen) atoms. The molecule has 2 heterocycles. The highest BCUT2D eigenvalue weighted by atomic mass is 16.3. The molecular formula is C18H30N4O3. The first kappa shape index (κ1) is 19.4. The van der Waals surface area contributed by atoms with Gasteiger partial charge >= 0.3 is 5.69 Å². The summed E-state index contributed by atoms with van der Waals surface area (Å²) in [5.41, 5.74) is 0.358. The standard InChI is InChI=1S/C18H30N4O3/c1-14(23)11-9-7-5-4-6-8-10-12-22-17(24)15-16(19-13-20(15)2)21(3)18(22)25/h13-14,23H,4-12H2,1-3H3. The minimum Gasteiger partial charge on any atom is -0.393 e. The zero-order valence-corrected chi connectivity index (χ0v) is 15.6. The SMILES string of the molecule is CC(O)CCCCCCCCCn1c(=O)c2c(ncn2C)n(C)c1=O. The number of aryl methyl sites for hydroxylation is 2. The number of rotatable bonds is 10. The van der Waals surface area contributed by atoms with Gasteiger partial charge in [-0.2, -0.15) is 0 Å². The Morgan fingerprint density at radius 1 is 1.04 bits per heavy atom. The van der Waals surface area contributed by atoms with Gasteiger partial charge in [0, 0.05) is 20.6 Å². The van der Waals surface area contributed by atoms with Crippen LogP contribution < -0.4 is 11.2 Å². The molecule has 7 heteroatoms. The van der Waals surface area contributed by atoms with Crippen LogP contribution in [0, 0.1) is 0 Å². The van der Waals surface area contributed by atoms with Crippen molar-refractivity contribution in [3.8, 4) is 0 Å². The Kier molecular flexibility index (Phi) is 6.99. The number of unbranched alkanes of at least 4 members (excludes halogenated alkanes) is 6. The van der Waals surface area contributed by atoms with E-state index in [1.54, 1.807) is 25.0 Å². The summed E-state index contributed by atoms with van der Waals surface area (Å²) >= 11 is 0. The maximum absolute atomic E-state index is 12.5. The molecule has 0 fully saturated rings. The van der Waals surface area contributed by atoms with Crippen LogP contribution in [-0.4, -0.2) is 29.9 Å². The number of aliphatic hydroxyl groups is 1. The fourth-order valence-electron chi connectivity index (χ4n) is 3.19. The van der Waals surface area contributed by atoms with Gasteiger partial charge in [0.1, 0.15) is 0 Å². The van der Waals surface area contributed by atoms with Gasteiger partial charge in [-0.3, -0.25) is 13.9 Å². The predicted molar refractivity (Wildman–Crippen MR) is 98.8 cm³/mol. The van der Waals surface area contributed by atoms with Gasteiger partial charge in [0.25, 0.3) is 5.56 Å². The minimum absolute atomic E-state index is 0.197. The van der Waals surface area contributed by atoms with Gasteiger partial charge in [0.2, 0.25) is 0 Å². The molecule has 1 atom stereocenters. The molecule has 1 unspecified atom stereocenters. The van der Waals surface area contributed by atoms with Crippen molar-refractivity contribution in [3.63, 3.8) is 0 Å². The van der Waals surface area contributed by atoms with Crippen molar-refractivity contribution in [1.82, 2.24) is 18.7 Å². The molecule has 140 valence electrons. The Bertz CT molecular complexity index is 801. The fourth-order valence-corrected chi connectivity index (χ4v) is 3.19. The molecule has 0 saturated carbocycles. The van der Waals surface area contributed by atoms with Gasteiger partial charge in [0.15, 0.2) is 11.2 Å². The minimum atomic E-state index is -0.297. The van der Waals surface area contributed by atoms with Crippen LogP contribution in [0.1, 0.15) is 58.3 Å². The van der Waals surface area contributed by atoms with E-state index in [0.29, 0.717) is 17.7 Å². The molecular weight excluding hydrogens is 320 g/mol. The average Bonchev–Trinajstić information content (AvgIpc) is 2.95. The Labute approximate surface area is 147 Å². The van der Waals surface area contributed by atoms with E-state index in [9.17, 15) is 14.7 Å². The lowest BCUT2D eigenvalue weighted by molar-refractivity contribution is 0.180. The molecule has 2 aromatic rings. The lowest BCUT2D eigenvalue weighted by atomic mass is 10.1. The summed E-state index contributed by atoms with van der Waals surface area (Å²) in [4.78, 5) is 29.0. The molecule has 0 radical (unpaired) electrons. The van der Waals surface area contributed by atoms with Crippen LogP contribution in [-0.2, 0) is 20.6 Å². The number of hydrogen-bond donors (Lipinski definition) is 1. The normalized spacial score (nSPS) is 12.8. The summed E-state index contributed by atoms with van der Waals surface area (Å²) in [7, 11) is 3.42. The molecule has 0 aliphatic heterocycles. The van der Waals surface area contributed by atoms with Crippen molar-refractivity contribution in [2.24, 2.45) is 14.1 Å². The van der Waals surface area contributed by atoms with E-state index >= 15 is 0 Å². The van der Waals surface area contributed by atoms with Crippen LogP contribution in [0.25, 0.3) is 11.2 Å². The summed E-state index contributed by atoms with van der Waals surface area (Å²) in [5, 5.41) is 9.21. The van der Waals surface area contributed by atoms with E-state index in [0.717, 1.165) is 44.9 Å². The summed E-state index contributed by atoms with van der Waals surface area (Å²) in [5.74, 6) is 0. The Morgan fingerprint density at radius 3 is 2.28 bits per heavy atom. The summed E-state index contributed by atoms with van der Waals surface area (Å²) in [6, 6.07) is 0. The number of nitrogens with zero attached hydrogens (tertiary/aromatic N) is 4. The lowest BCUT2D eigenvalue weighted by Gasteiger charge is -2.08. The fraction of sp³-hybridized carbons (Fsp3) is 0.722. The van der Waals surface area contributed by atoms with E-state index in [2.05, 4.69) is 4.98 Å². The van der Waals surface area contributed by atoms with Crippen LogP contribution in [0.4, 0.5) is 0 Å². The van der Waals surface area contributed by atoms with Crippen LogP contribution in [0.5, 0.6) is 0 Å². The quantitative estimate of drug-likeness (QED) is 0.664. The molecule has 0 spiro atoms. The zero-order chi connectivity index (χ0) is 18.4. The molecule has 1 N–H and O–H groups in total. The first-order valence-corrected chi connectivity index (χ1v) is 9.22. The highest BCUT2D eigenvalue weighted by Gasteiger charge is 2.14. The number of aromatic nitrogens is 4. The molecule has 0 aliphatic rings. The first-order chi connectivity index (χ1) is 11.9. The topological polar surface area (TPSA) is 82.1 Å². The van der Waals surface area contributed by atoms with Gasteiger partial charge in [0.05, 0.1) is 12.4 Å². The second kappa shape index (κ2) is 8.99. The van der Waals surface area contributed by atoms with Crippen LogP contribution >= 0.6 is 0 Å². The van der Waals surface area contributed by atoms with Crippen molar-refractivity contribution in [1.29, 1.82) is 0 Å². The number of aliphatic hydroxyl groups excluding tert-OH is 1. The molecule has 2 aromatic heterocycles. The maximum atomic E-state index is 12.5. The second-order valence-corrected chi connectivity index (χ2v) is 6.94. The van der Waals surface area contributed by atoms with Crippen LogP contribution in [0.2, 0.25) is 0 Å². The maximum Gasteiger partial charge on any atom is 0.332 e. The summed E-state index contributed by atoms with van der Waals surface area (Å²) < 4.78 is 4.44. The number of hydrogen-bond acceptors (Lipinski definition) is 4. The highest BCUT2D eigenvalue weighted by molar-refractivity contribution is 5.69. The van der Waals surface area contributed by atoms with Gasteiger partial charge in [-0.15, -0.1) is 0 Å². The molecule has 0 aliphatic carbocycles. The lowest BCUT2D eigenvalue weighted by Crippen LogP contribution is -2.39. The Balaban J connectivity index is 1.83. The zero-order valence-electron chi connectivity index (χ0n) is 15.6. The van der Waals surface area contributed by atoms with Crippen molar-refractivity contribution in [3.05, 3.63) is 27.2 Å². The van der Waals surface area contributed by atoms with Gasteiger partial charge in [-0.05, 0) is 19.8 Å². The van der Waals surface area contributed by atoms with Crippen molar-refractivity contribution in [2.75, 3.05) is 0 Å². The van der Waals surface area contributed by atoms with Crippen molar-refractivity contribution >= 4 is 11.2 Å². The number of imidazole rings is 1. The molecule has 0 amide bonds. The van der Waals surface area contributed by atoms with Gasteiger partial charge in [-0.25, -0.2) is 9.78 Å². The highest BCUT2D eigenvalue weighted by Crippen LogP contribution is 2.10. The smallest absolute Gasteiger partial charge is 0.332 e. The average molecular weight is 350 g/mol. The third kappa shape index (κ3) is 4.81. The second-order valence-electron chi connectivity index (χ2n) is 6.94. The molecule has 7 nitrogen and oxygen atoms in total. The molecule has 2 rings (SSSR count). The number of fused-ring (bicyclic) bond motifs is 1. The largest absolute Gasteiger partial charge is 0.393 e. The third-order valence-corrected chi connectivity index (χ3v) is 4.70.